The second-order valence-electron chi connectivity index (χ2n) is 9.96. The first-order valence-electron chi connectivity index (χ1n) is 11.8. The molecule has 2 aromatic rings. The topological polar surface area (TPSA) is 83.5 Å². The molecule has 6 nitrogen and oxygen atoms in total. The number of benzene rings is 1. The molecule has 0 aliphatic heterocycles. The fourth-order valence-corrected chi connectivity index (χ4v) is 7.72. The number of nitrogens with one attached hydrogen (secondary N) is 2. The Balaban J connectivity index is 1.55. The minimum atomic E-state index is -0.568. The highest BCUT2D eigenvalue weighted by Gasteiger charge is 2.53. The number of halogens is 2. The fraction of sp³-hybridized carbons (Fsp3) is 0.600. The van der Waals surface area contributed by atoms with Gasteiger partial charge < -0.3 is 20.5 Å². The Labute approximate surface area is 215 Å². The third-order valence-electron chi connectivity index (χ3n) is 7.78. The molecule has 186 valence electrons. The Morgan fingerprint density at radius 3 is 2.76 bits per heavy atom. The van der Waals surface area contributed by atoms with Crippen molar-refractivity contribution in [2.45, 2.75) is 52.1 Å². The average Bonchev–Trinajstić information content (AvgIpc) is 3.18. The van der Waals surface area contributed by atoms with Crippen LogP contribution in [0.25, 0.3) is 0 Å². The van der Waals surface area contributed by atoms with Gasteiger partial charge in [0.25, 0.3) is 0 Å². The highest BCUT2D eigenvalue weighted by molar-refractivity contribution is 7.15. The van der Waals surface area contributed by atoms with Gasteiger partial charge in [0.15, 0.2) is 5.13 Å². The molecule has 1 heterocycles. The largest absolute Gasteiger partial charge is 0.392 e. The van der Waals surface area contributed by atoms with Gasteiger partial charge in [0.2, 0.25) is 5.91 Å². The van der Waals surface area contributed by atoms with Crippen LogP contribution < -0.4 is 10.6 Å². The number of para-hydroxylation sites is 1. The van der Waals surface area contributed by atoms with Gasteiger partial charge in [-0.15, -0.1) is 11.3 Å². The molecule has 1 aromatic heterocycles. The number of aromatic nitrogens is 1. The molecule has 9 heteroatoms. The maximum Gasteiger partial charge on any atom is 0.223 e. The summed E-state index contributed by atoms with van der Waals surface area (Å²) >= 11 is 14.3. The number of carbonyl (C=O) groups excluding carboxylic acids is 1. The van der Waals surface area contributed by atoms with E-state index in [9.17, 15) is 9.90 Å². The maximum absolute atomic E-state index is 12.7. The number of hydrogen-bond donors (Lipinski definition) is 3. The average molecular weight is 527 g/mol. The number of hydrogen-bond acceptors (Lipinski definition) is 6. The molecule has 1 saturated carbocycles. The van der Waals surface area contributed by atoms with E-state index in [4.69, 9.17) is 32.9 Å². The van der Waals surface area contributed by atoms with Gasteiger partial charge >= 0.3 is 0 Å². The van der Waals surface area contributed by atoms with Crippen LogP contribution in [0.3, 0.4) is 0 Å². The molecule has 0 bridgehead atoms. The standard InChI is InChI=1S/C25H33Cl2N3O3S/c1-13(23(32)28-10-11-33-4)15-8-9-25(3)12-18-20(14(2)19(25)22(15)31)29-24(34-18)30-21-16(26)6-5-7-17(21)27/h5-7,13-15,19,22,31H,8-12H2,1-4H3,(H,28,32)(H,29,30)/t13-,14-,15+,19+,22-,25-/m0/s1. The van der Waals surface area contributed by atoms with Crippen LogP contribution in [0.2, 0.25) is 10.0 Å². The van der Waals surface area contributed by atoms with Crippen molar-refractivity contribution in [1.82, 2.24) is 10.3 Å². The highest BCUT2D eigenvalue weighted by atomic mass is 35.5. The Kier molecular flexibility index (Phi) is 7.80. The van der Waals surface area contributed by atoms with Crippen molar-refractivity contribution in [2.24, 2.45) is 23.2 Å². The third-order valence-corrected chi connectivity index (χ3v) is 9.39. The number of nitrogens with zero attached hydrogens (tertiary/aromatic N) is 1. The molecular formula is C25H33Cl2N3O3S. The van der Waals surface area contributed by atoms with E-state index in [2.05, 4.69) is 24.5 Å². The van der Waals surface area contributed by atoms with Crippen molar-refractivity contribution in [2.75, 3.05) is 25.6 Å². The zero-order valence-electron chi connectivity index (χ0n) is 20.0. The van der Waals surface area contributed by atoms with Crippen LogP contribution in [0.4, 0.5) is 10.8 Å². The number of carbonyl (C=O) groups is 1. The lowest BCUT2D eigenvalue weighted by molar-refractivity contribution is -0.135. The van der Waals surface area contributed by atoms with Crippen LogP contribution in [-0.2, 0) is 16.0 Å². The predicted molar refractivity (Wildman–Crippen MR) is 138 cm³/mol. The monoisotopic (exact) mass is 525 g/mol. The lowest BCUT2D eigenvalue weighted by Gasteiger charge is -2.53. The minimum absolute atomic E-state index is 0.0226. The van der Waals surface area contributed by atoms with Crippen LogP contribution >= 0.6 is 34.5 Å². The van der Waals surface area contributed by atoms with Crippen LogP contribution in [0.1, 0.15) is 50.1 Å². The fourth-order valence-electron chi connectivity index (χ4n) is 5.96. The third kappa shape index (κ3) is 4.82. The predicted octanol–water partition coefficient (Wildman–Crippen LogP) is 5.65. The smallest absolute Gasteiger partial charge is 0.223 e. The summed E-state index contributed by atoms with van der Waals surface area (Å²) in [6.07, 6.45) is 2.09. The summed E-state index contributed by atoms with van der Waals surface area (Å²) in [5.74, 6) is -0.260. The second-order valence-corrected chi connectivity index (χ2v) is 11.9. The van der Waals surface area contributed by atoms with E-state index in [0.29, 0.717) is 28.9 Å². The lowest BCUT2D eigenvalue weighted by Crippen LogP contribution is -2.53. The highest BCUT2D eigenvalue weighted by Crippen LogP contribution is 2.57. The van der Waals surface area contributed by atoms with E-state index in [-0.39, 0.29) is 35.0 Å². The molecular weight excluding hydrogens is 493 g/mol. The van der Waals surface area contributed by atoms with Crippen molar-refractivity contribution in [3.05, 3.63) is 38.8 Å². The number of rotatable bonds is 7. The van der Waals surface area contributed by atoms with Crippen molar-refractivity contribution in [3.8, 4) is 0 Å². The lowest BCUT2D eigenvalue weighted by atomic mass is 9.53. The molecule has 4 rings (SSSR count). The van der Waals surface area contributed by atoms with Crippen LogP contribution in [-0.4, -0.2) is 42.4 Å². The Bertz CT molecular complexity index is 1030. The molecule has 34 heavy (non-hydrogen) atoms. The molecule has 0 radical (unpaired) electrons. The summed E-state index contributed by atoms with van der Waals surface area (Å²) < 4.78 is 5.03. The summed E-state index contributed by atoms with van der Waals surface area (Å²) in [6.45, 7) is 7.31. The first kappa shape index (κ1) is 25.7. The summed E-state index contributed by atoms with van der Waals surface area (Å²) in [4.78, 5) is 18.8. The van der Waals surface area contributed by atoms with Gasteiger partial charge in [-0.2, -0.15) is 0 Å². The van der Waals surface area contributed by atoms with Crippen LogP contribution in [0.15, 0.2) is 18.2 Å². The molecule has 6 atom stereocenters. The van der Waals surface area contributed by atoms with Gasteiger partial charge in [-0.3, -0.25) is 4.79 Å². The Hall–Kier alpha value is -1.38. The molecule has 0 spiro atoms. The molecule has 1 aromatic carbocycles. The molecule has 0 saturated heterocycles. The van der Waals surface area contributed by atoms with E-state index in [1.807, 2.05) is 13.0 Å². The van der Waals surface area contributed by atoms with Crippen molar-refractivity contribution in [3.63, 3.8) is 0 Å². The Morgan fingerprint density at radius 1 is 1.38 bits per heavy atom. The maximum atomic E-state index is 12.7. The normalized spacial score (nSPS) is 29.1. The Morgan fingerprint density at radius 2 is 2.09 bits per heavy atom. The van der Waals surface area contributed by atoms with Crippen LogP contribution in [0.5, 0.6) is 0 Å². The second kappa shape index (κ2) is 10.3. The molecule has 3 N–H and O–H groups in total. The number of anilines is 2. The van der Waals surface area contributed by atoms with Gasteiger partial charge in [0.05, 0.1) is 34.1 Å². The van der Waals surface area contributed by atoms with E-state index in [1.54, 1.807) is 30.6 Å². The van der Waals surface area contributed by atoms with Gasteiger partial charge in [0.1, 0.15) is 0 Å². The van der Waals surface area contributed by atoms with Gasteiger partial charge in [-0.1, -0.05) is 50.0 Å². The summed E-state index contributed by atoms with van der Waals surface area (Å²) in [7, 11) is 1.61. The van der Waals surface area contributed by atoms with E-state index in [1.165, 1.54) is 4.88 Å². The number of fused-ring (bicyclic) bond motifs is 2. The number of ether oxygens (including phenoxy) is 1. The van der Waals surface area contributed by atoms with Crippen LogP contribution in [0, 0.1) is 23.2 Å². The first-order valence-corrected chi connectivity index (χ1v) is 13.4. The van der Waals surface area contributed by atoms with E-state index >= 15 is 0 Å². The number of thiazole rings is 1. The van der Waals surface area contributed by atoms with Crippen molar-refractivity contribution in [1.29, 1.82) is 0 Å². The zero-order valence-corrected chi connectivity index (χ0v) is 22.4. The molecule has 1 fully saturated rings. The number of amides is 1. The summed E-state index contributed by atoms with van der Waals surface area (Å²) in [6, 6.07) is 5.40. The molecule has 0 unspecified atom stereocenters. The van der Waals surface area contributed by atoms with Gasteiger partial charge in [0, 0.05) is 30.4 Å². The van der Waals surface area contributed by atoms with Crippen molar-refractivity contribution >= 4 is 51.3 Å². The summed E-state index contributed by atoms with van der Waals surface area (Å²) in [5, 5.41) is 19.6. The minimum Gasteiger partial charge on any atom is -0.392 e. The SMILES string of the molecule is COCCNC(=O)[C@@H](C)[C@H]1CC[C@@]2(C)Cc3sc(Nc4c(Cl)cccc4Cl)nc3[C@@H](C)[C@@H]2[C@H]1O. The van der Waals surface area contributed by atoms with E-state index < -0.39 is 6.10 Å². The molecule has 2 aliphatic rings. The first-order chi connectivity index (χ1) is 16.2. The number of methoxy groups -OCH3 is 1. The van der Waals surface area contributed by atoms with Crippen molar-refractivity contribution < 1.29 is 14.6 Å². The quantitative estimate of drug-likeness (QED) is 0.407. The molecule has 2 aliphatic carbocycles. The number of aliphatic hydroxyl groups excluding tert-OH is 1. The number of aliphatic hydroxyl groups is 1. The summed E-state index contributed by atoms with van der Waals surface area (Å²) in [5.41, 5.74) is 1.64. The molecule has 1 amide bonds. The zero-order chi connectivity index (χ0) is 24.6. The van der Waals surface area contributed by atoms with Gasteiger partial charge in [-0.05, 0) is 48.6 Å². The van der Waals surface area contributed by atoms with Gasteiger partial charge in [-0.25, -0.2) is 4.98 Å². The van der Waals surface area contributed by atoms with E-state index in [0.717, 1.165) is 30.1 Å².